The average Bonchev–Trinajstić information content (AvgIpc) is 2.95. The summed E-state index contributed by atoms with van der Waals surface area (Å²) >= 11 is 0. The Morgan fingerprint density at radius 1 is 1.40 bits per heavy atom. The van der Waals surface area contributed by atoms with Gasteiger partial charge >= 0.3 is 6.03 Å². The quantitative estimate of drug-likeness (QED) is 0.780. The summed E-state index contributed by atoms with van der Waals surface area (Å²) in [6.07, 6.45) is 4.54. The highest BCUT2D eigenvalue weighted by Gasteiger charge is 2.21. The van der Waals surface area contributed by atoms with E-state index in [0.29, 0.717) is 13.0 Å². The van der Waals surface area contributed by atoms with Gasteiger partial charge in [0.25, 0.3) is 0 Å². The van der Waals surface area contributed by atoms with Gasteiger partial charge in [-0.2, -0.15) is 0 Å². The molecule has 0 spiro atoms. The molecule has 2 heterocycles. The van der Waals surface area contributed by atoms with Gasteiger partial charge in [-0.05, 0) is 44.7 Å². The molecule has 1 aromatic carbocycles. The van der Waals surface area contributed by atoms with Crippen LogP contribution in [0, 0.1) is 6.92 Å². The van der Waals surface area contributed by atoms with E-state index in [-0.39, 0.29) is 18.7 Å². The Labute approximate surface area is 148 Å². The van der Waals surface area contributed by atoms with Crippen LogP contribution in [0.3, 0.4) is 0 Å². The van der Waals surface area contributed by atoms with Gasteiger partial charge in [-0.3, -0.25) is 0 Å². The summed E-state index contributed by atoms with van der Waals surface area (Å²) in [5.74, 6) is 0. The number of aliphatic hydroxyl groups excluding tert-OH is 1. The zero-order valence-electron chi connectivity index (χ0n) is 15.0. The molecular weight excluding hydrogens is 314 g/mol. The van der Waals surface area contributed by atoms with Crippen LogP contribution >= 0.6 is 0 Å². The number of fused-ring (bicyclic) bond motifs is 1. The molecular formula is C20H27N3O2. The maximum atomic E-state index is 12.4. The van der Waals surface area contributed by atoms with Gasteiger partial charge in [-0.25, -0.2) is 4.79 Å². The molecule has 0 saturated heterocycles. The number of nitrogens with zero attached hydrogens (tertiary/aromatic N) is 1. The highest BCUT2D eigenvalue weighted by atomic mass is 16.3. The largest absolute Gasteiger partial charge is 0.396 e. The van der Waals surface area contributed by atoms with Gasteiger partial charge in [0.1, 0.15) is 0 Å². The van der Waals surface area contributed by atoms with Crippen molar-refractivity contribution >= 4 is 22.5 Å². The second-order valence-corrected chi connectivity index (χ2v) is 6.81. The van der Waals surface area contributed by atoms with Crippen LogP contribution in [0.1, 0.15) is 37.4 Å². The average molecular weight is 341 g/mol. The van der Waals surface area contributed by atoms with Crippen LogP contribution in [0.15, 0.2) is 30.3 Å². The molecule has 3 N–H and O–H groups in total. The number of hydrogen-bond acceptors (Lipinski definition) is 2. The van der Waals surface area contributed by atoms with Crippen molar-refractivity contribution in [1.82, 2.24) is 15.2 Å². The molecule has 2 aromatic rings. The lowest BCUT2D eigenvalue weighted by Crippen LogP contribution is -2.45. The smallest absolute Gasteiger partial charge is 0.317 e. The number of rotatable bonds is 5. The fraction of sp³-hybridized carbons (Fsp3) is 0.450. The Morgan fingerprint density at radius 2 is 2.20 bits per heavy atom. The predicted molar refractivity (Wildman–Crippen MR) is 102 cm³/mol. The van der Waals surface area contributed by atoms with Crippen molar-refractivity contribution in [1.29, 1.82) is 0 Å². The molecule has 1 aliphatic heterocycles. The highest BCUT2D eigenvalue weighted by molar-refractivity contribution is 5.94. The van der Waals surface area contributed by atoms with Crippen LogP contribution in [0.25, 0.3) is 16.5 Å². The van der Waals surface area contributed by atoms with E-state index in [0.717, 1.165) is 24.9 Å². The van der Waals surface area contributed by atoms with Crippen LogP contribution in [0.5, 0.6) is 0 Å². The molecule has 0 saturated carbocycles. The van der Waals surface area contributed by atoms with Crippen molar-refractivity contribution in [2.24, 2.45) is 0 Å². The second kappa shape index (κ2) is 7.74. The number of aromatic amines is 1. The number of carbonyl (C=O) groups excluding carboxylic acids is 1. The van der Waals surface area contributed by atoms with Crippen LogP contribution in [-0.2, 0) is 0 Å². The first kappa shape index (κ1) is 17.5. The maximum absolute atomic E-state index is 12.4. The van der Waals surface area contributed by atoms with Crippen molar-refractivity contribution in [2.45, 2.75) is 39.2 Å². The number of aromatic nitrogens is 1. The third kappa shape index (κ3) is 3.87. The van der Waals surface area contributed by atoms with Crippen molar-refractivity contribution in [2.75, 3.05) is 19.7 Å². The van der Waals surface area contributed by atoms with Crippen LogP contribution in [-0.4, -0.2) is 46.8 Å². The van der Waals surface area contributed by atoms with E-state index in [1.807, 2.05) is 17.9 Å². The molecule has 25 heavy (non-hydrogen) atoms. The van der Waals surface area contributed by atoms with Gasteiger partial charge in [-0.15, -0.1) is 0 Å². The predicted octanol–water partition coefficient (Wildman–Crippen LogP) is 3.44. The molecule has 1 aliphatic rings. The lowest BCUT2D eigenvalue weighted by molar-refractivity contribution is 0.197. The standard InChI is InChI=1S/C20H27N3O2/c1-14(6-5-13-24)21-20(25)23-11-9-16(10-12-23)19-15(2)22-18-8-4-3-7-17(18)19/h3-4,7-9,14,22,24H,5-6,10-13H2,1-2H3,(H,21,25). The fourth-order valence-corrected chi connectivity index (χ4v) is 3.54. The Balaban J connectivity index is 1.68. The summed E-state index contributed by atoms with van der Waals surface area (Å²) in [4.78, 5) is 17.7. The number of hydrogen-bond donors (Lipinski definition) is 3. The minimum atomic E-state index is -0.0172. The number of amides is 2. The summed E-state index contributed by atoms with van der Waals surface area (Å²) in [5.41, 5.74) is 4.94. The molecule has 1 unspecified atom stereocenters. The number of aryl methyl sites for hydroxylation is 1. The van der Waals surface area contributed by atoms with Gasteiger partial charge in [0.2, 0.25) is 0 Å². The molecule has 5 heteroatoms. The molecule has 3 rings (SSSR count). The van der Waals surface area contributed by atoms with E-state index in [1.165, 1.54) is 22.2 Å². The molecule has 5 nitrogen and oxygen atoms in total. The van der Waals surface area contributed by atoms with E-state index in [2.05, 4.69) is 41.5 Å². The van der Waals surface area contributed by atoms with Gasteiger partial charge < -0.3 is 20.3 Å². The minimum Gasteiger partial charge on any atom is -0.396 e. The van der Waals surface area contributed by atoms with Crippen molar-refractivity contribution in [3.8, 4) is 0 Å². The van der Waals surface area contributed by atoms with Gasteiger partial charge in [-0.1, -0.05) is 24.3 Å². The van der Waals surface area contributed by atoms with Crippen molar-refractivity contribution < 1.29 is 9.90 Å². The van der Waals surface area contributed by atoms with Crippen molar-refractivity contribution in [3.63, 3.8) is 0 Å². The van der Waals surface area contributed by atoms with Crippen molar-refractivity contribution in [3.05, 3.63) is 41.6 Å². The molecule has 0 fully saturated rings. The number of benzene rings is 1. The zero-order valence-corrected chi connectivity index (χ0v) is 15.0. The Hall–Kier alpha value is -2.27. The van der Waals surface area contributed by atoms with Gasteiger partial charge in [0.05, 0.1) is 0 Å². The molecule has 1 aromatic heterocycles. The molecule has 0 aliphatic carbocycles. The van der Waals surface area contributed by atoms with Gasteiger partial charge in [0, 0.05) is 47.9 Å². The molecule has 134 valence electrons. The summed E-state index contributed by atoms with van der Waals surface area (Å²) in [6, 6.07) is 8.43. The minimum absolute atomic E-state index is 0.0172. The fourth-order valence-electron chi connectivity index (χ4n) is 3.54. The normalized spacial score (nSPS) is 16.0. The Morgan fingerprint density at radius 3 is 2.92 bits per heavy atom. The summed E-state index contributed by atoms with van der Waals surface area (Å²) in [7, 11) is 0. The number of urea groups is 1. The lowest BCUT2D eigenvalue weighted by atomic mass is 9.97. The Bertz CT molecular complexity index is 778. The maximum Gasteiger partial charge on any atom is 0.317 e. The second-order valence-electron chi connectivity index (χ2n) is 6.81. The number of para-hydroxylation sites is 1. The Kier molecular flexibility index (Phi) is 5.43. The van der Waals surface area contributed by atoms with E-state index >= 15 is 0 Å². The third-order valence-corrected chi connectivity index (χ3v) is 4.88. The first-order valence-electron chi connectivity index (χ1n) is 9.03. The topological polar surface area (TPSA) is 68.4 Å². The number of carbonyl (C=O) groups is 1. The first-order chi connectivity index (χ1) is 12.1. The summed E-state index contributed by atoms with van der Waals surface area (Å²) in [6.45, 7) is 5.61. The van der Waals surface area contributed by atoms with E-state index in [1.54, 1.807) is 0 Å². The summed E-state index contributed by atoms with van der Waals surface area (Å²) < 4.78 is 0. The molecule has 1 atom stereocenters. The molecule has 0 radical (unpaired) electrons. The van der Waals surface area contributed by atoms with Crippen LogP contribution in [0.2, 0.25) is 0 Å². The zero-order chi connectivity index (χ0) is 17.8. The number of nitrogens with one attached hydrogen (secondary N) is 2. The summed E-state index contributed by atoms with van der Waals surface area (Å²) in [5, 5.41) is 13.1. The van der Waals surface area contributed by atoms with Crippen LogP contribution in [0.4, 0.5) is 4.79 Å². The lowest BCUT2D eigenvalue weighted by Gasteiger charge is -2.28. The number of aliphatic hydroxyl groups is 1. The highest BCUT2D eigenvalue weighted by Crippen LogP contribution is 2.32. The monoisotopic (exact) mass is 341 g/mol. The van der Waals surface area contributed by atoms with E-state index in [9.17, 15) is 4.79 Å². The third-order valence-electron chi connectivity index (χ3n) is 4.88. The molecule has 2 amide bonds. The van der Waals surface area contributed by atoms with Crippen LogP contribution < -0.4 is 5.32 Å². The molecule has 0 bridgehead atoms. The van der Waals surface area contributed by atoms with E-state index < -0.39 is 0 Å². The number of H-pyrrole nitrogens is 1. The first-order valence-corrected chi connectivity index (χ1v) is 9.03. The van der Waals surface area contributed by atoms with E-state index in [4.69, 9.17) is 5.11 Å². The SMILES string of the molecule is Cc1[nH]c2ccccc2c1C1=CCN(C(=O)NC(C)CCCO)CC1. The van der Waals surface area contributed by atoms with Gasteiger partial charge in [0.15, 0.2) is 0 Å².